The van der Waals surface area contributed by atoms with Gasteiger partial charge in [-0.25, -0.2) is 0 Å². The molecule has 1 aromatic heterocycles. The molecule has 3 aromatic rings. The van der Waals surface area contributed by atoms with Crippen LogP contribution < -0.4 is 5.32 Å². The first-order valence-electron chi connectivity index (χ1n) is 6.63. The molecule has 0 radical (unpaired) electrons. The molecule has 0 saturated carbocycles. The van der Waals surface area contributed by atoms with Crippen LogP contribution in [0, 0.1) is 0 Å². The zero-order chi connectivity index (χ0) is 14.7. The number of hydrogen-bond acceptors (Lipinski definition) is 3. The lowest BCUT2D eigenvalue weighted by molar-refractivity contribution is -0.115. The van der Waals surface area contributed by atoms with Gasteiger partial charge in [0, 0.05) is 33.7 Å². The van der Waals surface area contributed by atoms with Crippen LogP contribution in [-0.2, 0) is 11.2 Å². The molecule has 0 unspecified atom stereocenters. The van der Waals surface area contributed by atoms with E-state index >= 15 is 0 Å². The first kappa shape index (κ1) is 13.6. The van der Waals surface area contributed by atoms with Gasteiger partial charge in [0.05, 0.1) is 6.42 Å². The summed E-state index contributed by atoms with van der Waals surface area (Å²) in [4.78, 5) is 17.1. The van der Waals surface area contributed by atoms with Gasteiger partial charge in [-0.15, -0.1) is 12.6 Å². The van der Waals surface area contributed by atoms with E-state index in [9.17, 15) is 4.79 Å². The Morgan fingerprint density at radius 2 is 1.90 bits per heavy atom. The van der Waals surface area contributed by atoms with Gasteiger partial charge in [-0.3, -0.25) is 9.78 Å². The molecule has 0 fully saturated rings. The molecular weight excluding hydrogens is 280 g/mol. The van der Waals surface area contributed by atoms with Crippen LogP contribution in [0.15, 0.2) is 65.8 Å². The molecule has 104 valence electrons. The van der Waals surface area contributed by atoms with Gasteiger partial charge in [0.2, 0.25) is 5.91 Å². The Hall–Kier alpha value is -2.33. The lowest BCUT2D eigenvalue weighted by Gasteiger charge is -2.08. The largest absolute Gasteiger partial charge is 0.325 e. The molecule has 1 N–H and O–H groups in total. The Morgan fingerprint density at radius 3 is 2.71 bits per heavy atom. The van der Waals surface area contributed by atoms with Crippen molar-refractivity contribution in [1.29, 1.82) is 0 Å². The Balaban J connectivity index is 1.79. The number of nitrogens with one attached hydrogen (secondary N) is 1. The second kappa shape index (κ2) is 5.97. The maximum Gasteiger partial charge on any atom is 0.228 e. The van der Waals surface area contributed by atoms with Crippen LogP contribution in [0.4, 0.5) is 5.69 Å². The molecule has 0 aliphatic rings. The Bertz CT molecular complexity index is 779. The Kier molecular flexibility index (Phi) is 3.88. The normalized spacial score (nSPS) is 10.5. The highest BCUT2D eigenvalue weighted by Gasteiger charge is 2.06. The smallest absolute Gasteiger partial charge is 0.228 e. The number of thiol groups is 1. The number of amides is 1. The summed E-state index contributed by atoms with van der Waals surface area (Å²) in [6.45, 7) is 0. The molecule has 0 saturated heterocycles. The van der Waals surface area contributed by atoms with Gasteiger partial charge in [0.15, 0.2) is 0 Å². The minimum atomic E-state index is -0.0359. The number of rotatable bonds is 3. The van der Waals surface area contributed by atoms with Crippen molar-refractivity contribution in [2.75, 3.05) is 5.32 Å². The maximum atomic E-state index is 12.2. The molecular formula is C17H14N2OS. The van der Waals surface area contributed by atoms with E-state index in [0.29, 0.717) is 6.42 Å². The summed E-state index contributed by atoms with van der Waals surface area (Å²) in [7, 11) is 0. The van der Waals surface area contributed by atoms with Gasteiger partial charge in [0.25, 0.3) is 0 Å². The van der Waals surface area contributed by atoms with Crippen molar-refractivity contribution >= 4 is 35.0 Å². The van der Waals surface area contributed by atoms with Crippen molar-refractivity contribution in [3.05, 3.63) is 66.5 Å². The minimum Gasteiger partial charge on any atom is -0.325 e. The molecule has 1 amide bonds. The quantitative estimate of drug-likeness (QED) is 0.723. The topological polar surface area (TPSA) is 42.0 Å². The van der Waals surface area contributed by atoms with E-state index in [0.717, 1.165) is 26.9 Å². The second-order valence-corrected chi connectivity index (χ2v) is 5.31. The van der Waals surface area contributed by atoms with Gasteiger partial charge in [-0.2, -0.15) is 0 Å². The van der Waals surface area contributed by atoms with E-state index in [4.69, 9.17) is 0 Å². The SMILES string of the molecule is O=C(Cc1ccc(S)cc1)Nc1cccc2cnccc12. The van der Waals surface area contributed by atoms with Crippen molar-refractivity contribution in [3.8, 4) is 0 Å². The van der Waals surface area contributed by atoms with Crippen molar-refractivity contribution < 1.29 is 4.79 Å². The molecule has 0 atom stereocenters. The number of hydrogen-bond donors (Lipinski definition) is 2. The summed E-state index contributed by atoms with van der Waals surface area (Å²) < 4.78 is 0. The fraction of sp³-hybridized carbons (Fsp3) is 0.0588. The van der Waals surface area contributed by atoms with E-state index in [2.05, 4.69) is 22.9 Å². The molecule has 0 aliphatic carbocycles. The van der Waals surface area contributed by atoms with Crippen molar-refractivity contribution in [1.82, 2.24) is 4.98 Å². The number of carbonyl (C=O) groups is 1. The highest BCUT2D eigenvalue weighted by atomic mass is 32.1. The van der Waals surface area contributed by atoms with Gasteiger partial charge >= 0.3 is 0 Å². The van der Waals surface area contributed by atoms with E-state index in [1.54, 1.807) is 12.4 Å². The monoisotopic (exact) mass is 294 g/mol. The van der Waals surface area contributed by atoms with Crippen LogP contribution >= 0.6 is 12.6 Å². The minimum absolute atomic E-state index is 0.0359. The molecule has 1 heterocycles. The fourth-order valence-electron chi connectivity index (χ4n) is 2.23. The fourth-order valence-corrected chi connectivity index (χ4v) is 2.37. The number of pyridine rings is 1. The van der Waals surface area contributed by atoms with E-state index < -0.39 is 0 Å². The summed E-state index contributed by atoms with van der Waals surface area (Å²) in [6.07, 6.45) is 3.86. The van der Waals surface area contributed by atoms with Gasteiger partial charge in [0.1, 0.15) is 0 Å². The summed E-state index contributed by atoms with van der Waals surface area (Å²) >= 11 is 4.24. The molecule has 4 heteroatoms. The zero-order valence-corrected chi connectivity index (χ0v) is 12.2. The maximum absolute atomic E-state index is 12.2. The highest BCUT2D eigenvalue weighted by Crippen LogP contribution is 2.22. The van der Waals surface area contributed by atoms with E-state index in [1.807, 2.05) is 48.5 Å². The predicted molar refractivity (Wildman–Crippen MR) is 87.8 cm³/mol. The third-order valence-electron chi connectivity index (χ3n) is 3.26. The summed E-state index contributed by atoms with van der Waals surface area (Å²) in [6, 6.07) is 15.3. The number of benzene rings is 2. The van der Waals surface area contributed by atoms with Crippen molar-refractivity contribution in [3.63, 3.8) is 0 Å². The summed E-state index contributed by atoms with van der Waals surface area (Å²) in [5, 5.41) is 4.96. The zero-order valence-electron chi connectivity index (χ0n) is 11.3. The average Bonchev–Trinajstić information content (AvgIpc) is 2.50. The van der Waals surface area contributed by atoms with E-state index in [-0.39, 0.29) is 5.91 Å². The van der Waals surface area contributed by atoms with Crippen molar-refractivity contribution in [2.45, 2.75) is 11.3 Å². The number of carbonyl (C=O) groups excluding carboxylic acids is 1. The molecule has 21 heavy (non-hydrogen) atoms. The third-order valence-corrected chi connectivity index (χ3v) is 3.55. The first-order valence-corrected chi connectivity index (χ1v) is 7.07. The molecule has 3 nitrogen and oxygen atoms in total. The van der Waals surface area contributed by atoms with Crippen LogP contribution in [0.5, 0.6) is 0 Å². The number of nitrogens with zero attached hydrogens (tertiary/aromatic N) is 1. The van der Waals surface area contributed by atoms with Gasteiger partial charge in [-0.1, -0.05) is 24.3 Å². The second-order valence-electron chi connectivity index (χ2n) is 4.79. The molecule has 0 bridgehead atoms. The standard InChI is InChI=1S/C17H14N2OS/c20-17(10-12-4-6-14(21)7-5-12)19-16-3-1-2-13-11-18-9-8-15(13)16/h1-9,11,21H,10H2,(H,19,20). The van der Waals surface area contributed by atoms with Crippen molar-refractivity contribution in [2.24, 2.45) is 0 Å². The number of aromatic nitrogens is 1. The molecule has 2 aromatic carbocycles. The van der Waals surface area contributed by atoms with Gasteiger partial charge < -0.3 is 5.32 Å². The molecule has 3 rings (SSSR count). The van der Waals surface area contributed by atoms with Crippen LogP contribution in [0.3, 0.4) is 0 Å². The molecule has 0 spiro atoms. The third kappa shape index (κ3) is 3.23. The van der Waals surface area contributed by atoms with Crippen LogP contribution in [0.2, 0.25) is 0 Å². The number of fused-ring (bicyclic) bond motifs is 1. The first-order chi connectivity index (χ1) is 10.2. The number of anilines is 1. The van der Waals surface area contributed by atoms with Crippen LogP contribution in [-0.4, -0.2) is 10.9 Å². The van der Waals surface area contributed by atoms with E-state index in [1.165, 1.54) is 0 Å². The Labute approximate surface area is 128 Å². The van der Waals surface area contributed by atoms with Crippen LogP contribution in [0.25, 0.3) is 10.8 Å². The Morgan fingerprint density at radius 1 is 1.10 bits per heavy atom. The lowest BCUT2D eigenvalue weighted by Crippen LogP contribution is -2.14. The summed E-state index contributed by atoms with van der Waals surface area (Å²) in [5.41, 5.74) is 1.78. The lowest BCUT2D eigenvalue weighted by atomic mass is 10.1. The van der Waals surface area contributed by atoms with Crippen LogP contribution in [0.1, 0.15) is 5.56 Å². The average molecular weight is 294 g/mol. The summed E-state index contributed by atoms with van der Waals surface area (Å²) in [5.74, 6) is -0.0359. The highest BCUT2D eigenvalue weighted by molar-refractivity contribution is 7.80. The van der Waals surface area contributed by atoms with Gasteiger partial charge in [-0.05, 0) is 29.8 Å². The molecule has 0 aliphatic heterocycles. The predicted octanol–water partition coefficient (Wildman–Crippen LogP) is 3.70.